The van der Waals surface area contributed by atoms with Gasteiger partial charge in [-0.3, -0.25) is 0 Å². The average molecular weight is 186 g/mol. The summed E-state index contributed by atoms with van der Waals surface area (Å²) in [6.45, 7) is 1.94. The van der Waals surface area contributed by atoms with Crippen molar-refractivity contribution >= 4 is 13.4 Å². The van der Waals surface area contributed by atoms with E-state index in [1.54, 1.807) is 12.1 Å². The molecule has 1 aromatic rings. The number of nitrogens with one attached hydrogen (secondary N) is 1. The maximum Gasteiger partial charge on any atom is 0.360 e. The van der Waals surface area contributed by atoms with Crippen molar-refractivity contribution in [3.8, 4) is 0 Å². The van der Waals surface area contributed by atoms with Crippen LogP contribution in [0.25, 0.3) is 0 Å². The number of aryl methyl sites for hydroxylation is 1. The van der Waals surface area contributed by atoms with Crippen LogP contribution in [-0.2, 0) is 4.57 Å². The molecule has 0 aliphatic carbocycles. The molecule has 4 N–H and O–H groups in total. The number of anilines is 1. The first-order valence-corrected chi connectivity index (χ1v) is 5.16. The molecular weight excluding hydrogens is 175 g/mol. The third-order valence-electron chi connectivity index (χ3n) is 1.34. The molecule has 1 atom stereocenters. The summed E-state index contributed by atoms with van der Waals surface area (Å²) < 4.78 is 10.7. The zero-order chi connectivity index (χ0) is 9.19. The highest BCUT2D eigenvalue weighted by atomic mass is 31.2. The lowest BCUT2D eigenvalue weighted by molar-refractivity contribution is 0.486. The summed E-state index contributed by atoms with van der Waals surface area (Å²) in [5, 5.41) is 2.30. The Labute approximate surface area is 71.0 Å². The molecular formula is C7H11N2O2P. The van der Waals surface area contributed by atoms with Crippen LogP contribution in [0.5, 0.6) is 0 Å². The summed E-state index contributed by atoms with van der Waals surface area (Å²) in [6, 6.07) is 7.06. The van der Waals surface area contributed by atoms with E-state index in [0.717, 1.165) is 5.56 Å². The van der Waals surface area contributed by atoms with E-state index in [-0.39, 0.29) is 0 Å². The first-order chi connectivity index (χ1) is 5.47. The van der Waals surface area contributed by atoms with Gasteiger partial charge < -0.3 is 9.98 Å². The molecule has 1 rings (SSSR count). The fourth-order valence-electron chi connectivity index (χ4n) is 0.813. The van der Waals surface area contributed by atoms with Gasteiger partial charge in [0.1, 0.15) is 0 Å². The molecule has 5 heteroatoms. The first-order valence-electron chi connectivity index (χ1n) is 3.44. The van der Waals surface area contributed by atoms with Crippen molar-refractivity contribution in [3.05, 3.63) is 29.8 Å². The SMILES string of the molecule is Cc1ccc(NP(N)(=O)O)cc1. The Bertz CT molecular complexity index is 304. The smallest absolute Gasteiger partial charge is 0.318 e. The lowest BCUT2D eigenvalue weighted by Crippen LogP contribution is -2.03. The van der Waals surface area contributed by atoms with Gasteiger partial charge in [-0.1, -0.05) is 17.7 Å². The molecule has 0 aromatic heterocycles. The average Bonchev–Trinajstić information content (AvgIpc) is 1.91. The van der Waals surface area contributed by atoms with Crippen LogP contribution in [0.3, 0.4) is 0 Å². The quantitative estimate of drug-likeness (QED) is 0.611. The second kappa shape index (κ2) is 3.27. The third-order valence-corrected chi connectivity index (χ3v) is 1.92. The molecule has 0 bridgehead atoms. The van der Waals surface area contributed by atoms with Gasteiger partial charge in [-0.15, -0.1) is 0 Å². The minimum absolute atomic E-state index is 0.550. The van der Waals surface area contributed by atoms with Gasteiger partial charge in [0, 0.05) is 5.69 Å². The van der Waals surface area contributed by atoms with Gasteiger partial charge in [-0.25, -0.2) is 10.1 Å². The monoisotopic (exact) mass is 186 g/mol. The first kappa shape index (κ1) is 9.26. The van der Waals surface area contributed by atoms with Crippen molar-refractivity contribution in [1.82, 2.24) is 0 Å². The minimum Gasteiger partial charge on any atom is -0.318 e. The Hall–Kier alpha value is -0.830. The summed E-state index contributed by atoms with van der Waals surface area (Å²) >= 11 is 0. The molecule has 0 saturated carbocycles. The highest BCUT2D eigenvalue weighted by molar-refractivity contribution is 7.57. The van der Waals surface area contributed by atoms with E-state index in [2.05, 4.69) is 5.09 Å². The molecule has 1 aromatic carbocycles. The molecule has 0 spiro atoms. The molecule has 0 amide bonds. The van der Waals surface area contributed by atoms with Crippen LogP contribution in [0.4, 0.5) is 5.69 Å². The molecule has 0 aliphatic heterocycles. The Morgan fingerprint density at radius 2 is 1.92 bits per heavy atom. The Balaban J connectivity index is 2.78. The van der Waals surface area contributed by atoms with Crippen LogP contribution in [0.2, 0.25) is 0 Å². The van der Waals surface area contributed by atoms with Crippen LogP contribution >= 0.6 is 7.67 Å². The Morgan fingerprint density at radius 3 is 2.33 bits per heavy atom. The van der Waals surface area contributed by atoms with Crippen molar-refractivity contribution < 1.29 is 9.46 Å². The van der Waals surface area contributed by atoms with Gasteiger partial charge in [0.2, 0.25) is 0 Å². The topological polar surface area (TPSA) is 75.3 Å². The third kappa shape index (κ3) is 3.05. The number of nitrogens with two attached hydrogens (primary N) is 1. The zero-order valence-electron chi connectivity index (χ0n) is 6.69. The molecule has 4 nitrogen and oxygen atoms in total. The van der Waals surface area contributed by atoms with Gasteiger partial charge >= 0.3 is 7.67 Å². The van der Waals surface area contributed by atoms with Crippen LogP contribution < -0.4 is 10.6 Å². The second-order valence-electron chi connectivity index (χ2n) is 2.60. The van der Waals surface area contributed by atoms with Gasteiger partial charge in [-0.05, 0) is 19.1 Å². The summed E-state index contributed by atoms with van der Waals surface area (Å²) in [4.78, 5) is 8.76. The molecule has 12 heavy (non-hydrogen) atoms. The van der Waals surface area contributed by atoms with Crippen LogP contribution in [0.15, 0.2) is 24.3 Å². The van der Waals surface area contributed by atoms with E-state index in [4.69, 9.17) is 10.4 Å². The van der Waals surface area contributed by atoms with E-state index in [1.165, 1.54) is 0 Å². The van der Waals surface area contributed by atoms with E-state index < -0.39 is 7.67 Å². The van der Waals surface area contributed by atoms with E-state index in [9.17, 15) is 4.57 Å². The largest absolute Gasteiger partial charge is 0.360 e. The lowest BCUT2D eigenvalue weighted by Gasteiger charge is -2.08. The van der Waals surface area contributed by atoms with Crippen LogP contribution in [-0.4, -0.2) is 4.89 Å². The maximum atomic E-state index is 10.7. The predicted molar refractivity (Wildman–Crippen MR) is 48.8 cm³/mol. The van der Waals surface area contributed by atoms with Crippen molar-refractivity contribution in [2.75, 3.05) is 5.09 Å². The lowest BCUT2D eigenvalue weighted by atomic mass is 10.2. The van der Waals surface area contributed by atoms with E-state index in [1.807, 2.05) is 19.1 Å². The summed E-state index contributed by atoms with van der Waals surface area (Å²) in [7, 11) is -3.65. The van der Waals surface area contributed by atoms with Gasteiger partial charge in [0.05, 0.1) is 0 Å². The highest BCUT2D eigenvalue weighted by Crippen LogP contribution is 2.30. The van der Waals surface area contributed by atoms with Crippen molar-refractivity contribution in [3.63, 3.8) is 0 Å². The molecule has 0 saturated heterocycles. The van der Waals surface area contributed by atoms with Crippen molar-refractivity contribution in [2.24, 2.45) is 5.50 Å². The summed E-state index contributed by atoms with van der Waals surface area (Å²) in [5.74, 6) is 0. The summed E-state index contributed by atoms with van der Waals surface area (Å²) in [6.07, 6.45) is 0. The normalized spacial score (nSPS) is 15.2. The summed E-state index contributed by atoms with van der Waals surface area (Å²) in [5.41, 5.74) is 6.54. The minimum atomic E-state index is -3.65. The Morgan fingerprint density at radius 1 is 1.42 bits per heavy atom. The van der Waals surface area contributed by atoms with Gasteiger partial charge in [0.25, 0.3) is 0 Å². The molecule has 0 aliphatic rings. The highest BCUT2D eigenvalue weighted by Gasteiger charge is 2.08. The maximum absolute atomic E-state index is 10.7. The van der Waals surface area contributed by atoms with Gasteiger partial charge in [-0.2, -0.15) is 0 Å². The molecule has 66 valence electrons. The van der Waals surface area contributed by atoms with Crippen molar-refractivity contribution in [2.45, 2.75) is 6.92 Å². The predicted octanol–water partition coefficient (Wildman–Crippen LogP) is 1.47. The van der Waals surface area contributed by atoms with Crippen LogP contribution in [0.1, 0.15) is 5.56 Å². The zero-order valence-corrected chi connectivity index (χ0v) is 7.58. The molecule has 1 unspecified atom stereocenters. The molecule has 0 heterocycles. The molecule has 0 radical (unpaired) electrons. The fraction of sp³-hybridized carbons (Fsp3) is 0.143. The van der Waals surface area contributed by atoms with Crippen LogP contribution in [0, 0.1) is 6.92 Å². The molecule has 0 fully saturated rings. The second-order valence-corrected chi connectivity index (χ2v) is 4.07. The number of benzene rings is 1. The van der Waals surface area contributed by atoms with E-state index >= 15 is 0 Å². The standard InChI is InChI=1S/C7H11N2O2P/c1-6-2-4-7(5-3-6)9-12(8,10)11/h2-5H,1H3,(H4,8,9,10,11). The Kier molecular flexibility index (Phi) is 2.52. The van der Waals surface area contributed by atoms with Gasteiger partial charge in [0.15, 0.2) is 0 Å². The number of hydrogen-bond donors (Lipinski definition) is 3. The number of rotatable bonds is 2. The van der Waals surface area contributed by atoms with E-state index in [0.29, 0.717) is 5.69 Å². The number of hydrogen-bond acceptors (Lipinski definition) is 1. The van der Waals surface area contributed by atoms with Crippen molar-refractivity contribution in [1.29, 1.82) is 0 Å². The fourth-order valence-corrected chi connectivity index (χ4v) is 1.33.